The van der Waals surface area contributed by atoms with Crippen molar-refractivity contribution in [2.24, 2.45) is 4.40 Å². The van der Waals surface area contributed by atoms with E-state index in [0.717, 1.165) is 18.4 Å². The maximum absolute atomic E-state index is 12.5. The van der Waals surface area contributed by atoms with Crippen LogP contribution in [0.3, 0.4) is 0 Å². The van der Waals surface area contributed by atoms with Gasteiger partial charge in [-0.25, -0.2) is 8.42 Å². The summed E-state index contributed by atoms with van der Waals surface area (Å²) in [5.41, 5.74) is -0.0689. The summed E-state index contributed by atoms with van der Waals surface area (Å²) in [6, 6.07) is 0. The van der Waals surface area contributed by atoms with E-state index in [4.69, 9.17) is 4.74 Å². The highest BCUT2D eigenvalue weighted by atomic mass is 32.2. The van der Waals surface area contributed by atoms with Crippen LogP contribution in [0.1, 0.15) is 40.5 Å². The second kappa shape index (κ2) is 3.95. The van der Waals surface area contributed by atoms with Gasteiger partial charge in [-0.3, -0.25) is 0 Å². The minimum absolute atomic E-state index is 0.206. The Morgan fingerprint density at radius 1 is 1.28 bits per heavy atom. The zero-order chi connectivity index (χ0) is 13.6. The third-order valence-corrected chi connectivity index (χ3v) is 6.12. The fraction of sp³-hybridized carbons (Fsp3) is 0.615. The molecule has 0 radical (unpaired) electrons. The van der Waals surface area contributed by atoms with Crippen LogP contribution < -0.4 is 0 Å². The molecular formula is C13H19NO3S. The lowest BCUT2D eigenvalue weighted by Crippen LogP contribution is -2.58. The van der Waals surface area contributed by atoms with Gasteiger partial charge in [0.05, 0.1) is 0 Å². The molecule has 0 aromatic carbocycles. The van der Waals surface area contributed by atoms with Gasteiger partial charge in [0.2, 0.25) is 0 Å². The zero-order valence-electron chi connectivity index (χ0n) is 11.2. The Bertz CT molecular complexity index is 555. The Kier molecular flexibility index (Phi) is 2.93. The molecule has 2 aliphatic rings. The van der Waals surface area contributed by atoms with Crippen LogP contribution >= 0.6 is 0 Å². The molecule has 1 atom stereocenters. The number of rotatable bonds is 1. The van der Waals surface area contributed by atoms with E-state index in [1.165, 1.54) is 0 Å². The number of hydrogen-bond donors (Lipinski definition) is 0. The number of hydrogen-bond acceptors (Lipinski definition) is 3. The SMILES string of the molecule is CC1=NS(=O)(=O)C(C)(C2=CCCC=C2)C(C)(C)O1. The minimum atomic E-state index is -3.64. The Labute approximate surface area is 108 Å². The second-order valence-electron chi connectivity index (χ2n) is 5.37. The van der Waals surface area contributed by atoms with E-state index in [2.05, 4.69) is 4.40 Å². The summed E-state index contributed by atoms with van der Waals surface area (Å²) >= 11 is 0. The largest absolute Gasteiger partial charge is 0.472 e. The lowest BCUT2D eigenvalue weighted by molar-refractivity contribution is 0.0612. The first-order valence-corrected chi connectivity index (χ1v) is 7.52. The van der Waals surface area contributed by atoms with Crippen LogP contribution in [0.25, 0.3) is 0 Å². The standard InChI is InChI=1S/C13H19NO3S/c1-10-14-18(15,16)13(4,12(2,3)17-10)11-8-6-5-7-9-11/h6,8-9H,5,7H2,1-4H3. The van der Waals surface area contributed by atoms with Gasteiger partial charge in [-0.05, 0) is 39.2 Å². The molecule has 100 valence electrons. The molecule has 0 saturated heterocycles. The monoisotopic (exact) mass is 269 g/mol. The van der Waals surface area contributed by atoms with Gasteiger partial charge in [0, 0.05) is 6.92 Å². The van der Waals surface area contributed by atoms with Gasteiger partial charge in [0.1, 0.15) is 5.60 Å². The molecular weight excluding hydrogens is 250 g/mol. The molecule has 0 bridgehead atoms. The molecule has 0 amide bonds. The Balaban J connectivity index is 2.66. The number of allylic oxidation sites excluding steroid dienone is 3. The molecule has 0 saturated carbocycles. The van der Waals surface area contributed by atoms with Crippen molar-refractivity contribution in [3.63, 3.8) is 0 Å². The van der Waals surface area contributed by atoms with Crippen LogP contribution in [0.2, 0.25) is 0 Å². The highest BCUT2D eigenvalue weighted by molar-refractivity contribution is 7.92. The van der Waals surface area contributed by atoms with Crippen molar-refractivity contribution in [3.05, 3.63) is 23.8 Å². The van der Waals surface area contributed by atoms with Crippen molar-refractivity contribution < 1.29 is 13.2 Å². The summed E-state index contributed by atoms with van der Waals surface area (Å²) < 4.78 is 33.2. The van der Waals surface area contributed by atoms with Crippen molar-refractivity contribution in [1.82, 2.24) is 0 Å². The van der Waals surface area contributed by atoms with Gasteiger partial charge in [0.15, 0.2) is 10.6 Å². The first-order chi connectivity index (χ1) is 8.21. The van der Waals surface area contributed by atoms with E-state index >= 15 is 0 Å². The number of ether oxygens (including phenoxy) is 1. The van der Waals surface area contributed by atoms with Gasteiger partial charge in [-0.2, -0.15) is 0 Å². The average molecular weight is 269 g/mol. The first-order valence-electron chi connectivity index (χ1n) is 6.08. The number of nitrogens with zero attached hydrogens (tertiary/aromatic N) is 1. The van der Waals surface area contributed by atoms with Crippen molar-refractivity contribution in [2.45, 2.75) is 50.9 Å². The third kappa shape index (κ3) is 1.72. The van der Waals surface area contributed by atoms with Gasteiger partial charge in [-0.15, -0.1) is 4.40 Å². The Hall–Kier alpha value is -1.10. The first kappa shape index (κ1) is 13.3. The predicted octanol–water partition coefficient (Wildman–Crippen LogP) is 2.58. The predicted molar refractivity (Wildman–Crippen MR) is 72.1 cm³/mol. The van der Waals surface area contributed by atoms with E-state index < -0.39 is 20.4 Å². The summed E-state index contributed by atoms with van der Waals surface area (Å²) in [6.07, 6.45) is 7.65. The molecule has 0 fully saturated rings. The van der Waals surface area contributed by atoms with Crippen molar-refractivity contribution in [3.8, 4) is 0 Å². The highest BCUT2D eigenvalue weighted by Crippen LogP contribution is 2.44. The minimum Gasteiger partial charge on any atom is -0.472 e. The highest BCUT2D eigenvalue weighted by Gasteiger charge is 2.58. The summed E-state index contributed by atoms with van der Waals surface area (Å²) in [7, 11) is -3.64. The van der Waals surface area contributed by atoms with Crippen LogP contribution in [0.5, 0.6) is 0 Å². The van der Waals surface area contributed by atoms with Crippen LogP contribution in [0.15, 0.2) is 28.2 Å². The van der Waals surface area contributed by atoms with E-state index in [-0.39, 0.29) is 5.90 Å². The molecule has 1 heterocycles. The normalized spacial score (nSPS) is 33.3. The molecule has 1 aliphatic carbocycles. The quantitative estimate of drug-likeness (QED) is 0.735. The summed E-state index contributed by atoms with van der Waals surface area (Å²) in [6.45, 7) is 6.86. The summed E-state index contributed by atoms with van der Waals surface area (Å²) in [4.78, 5) is 0. The summed E-state index contributed by atoms with van der Waals surface area (Å²) in [5, 5.41) is 0. The molecule has 5 heteroatoms. The number of sulfonamides is 1. The molecule has 2 rings (SSSR count). The lowest BCUT2D eigenvalue weighted by Gasteiger charge is -2.45. The Morgan fingerprint density at radius 2 is 1.94 bits per heavy atom. The molecule has 0 aromatic heterocycles. The van der Waals surface area contributed by atoms with Crippen molar-refractivity contribution in [2.75, 3.05) is 0 Å². The topological polar surface area (TPSA) is 55.7 Å². The molecule has 0 spiro atoms. The van der Waals surface area contributed by atoms with Gasteiger partial charge >= 0.3 is 0 Å². The summed E-state index contributed by atoms with van der Waals surface area (Å²) in [5.74, 6) is 0.206. The van der Waals surface area contributed by atoms with Crippen molar-refractivity contribution >= 4 is 15.9 Å². The molecule has 0 N–H and O–H groups in total. The van der Waals surface area contributed by atoms with Crippen LogP contribution in [-0.2, 0) is 14.8 Å². The van der Waals surface area contributed by atoms with E-state index in [1.807, 2.05) is 18.2 Å². The average Bonchev–Trinajstić information content (AvgIpc) is 2.25. The lowest BCUT2D eigenvalue weighted by atomic mass is 9.82. The third-order valence-electron chi connectivity index (χ3n) is 3.86. The van der Waals surface area contributed by atoms with E-state index in [9.17, 15) is 8.42 Å². The molecule has 4 nitrogen and oxygen atoms in total. The van der Waals surface area contributed by atoms with Gasteiger partial charge < -0.3 is 4.74 Å². The van der Waals surface area contributed by atoms with Gasteiger partial charge in [0.25, 0.3) is 10.0 Å². The second-order valence-corrected chi connectivity index (χ2v) is 7.32. The fourth-order valence-electron chi connectivity index (χ4n) is 2.52. The van der Waals surface area contributed by atoms with Crippen molar-refractivity contribution in [1.29, 1.82) is 0 Å². The maximum Gasteiger partial charge on any atom is 0.269 e. The van der Waals surface area contributed by atoms with Gasteiger partial charge in [-0.1, -0.05) is 18.2 Å². The van der Waals surface area contributed by atoms with E-state index in [0.29, 0.717) is 0 Å². The van der Waals surface area contributed by atoms with Crippen LogP contribution in [0, 0.1) is 0 Å². The van der Waals surface area contributed by atoms with E-state index in [1.54, 1.807) is 27.7 Å². The van der Waals surface area contributed by atoms with Crippen LogP contribution in [0.4, 0.5) is 0 Å². The van der Waals surface area contributed by atoms with Crippen LogP contribution in [-0.4, -0.2) is 24.7 Å². The smallest absolute Gasteiger partial charge is 0.269 e. The maximum atomic E-state index is 12.5. The molecule has 0 aromatic rings. The molecule has 18 heavy (non-hydrogen) atoms. The molecule has 1 unspecified atom stereocenters. The molecule has 1 aliphatic heterocycles. The zero-order valence-corrected chi connectivity index (χ0v) is 12.0. The Morgan fingerprint density at radius 3 is 2.44 bits per heavy atom. The fourth-order valence-corrected chi connectivity index (χ4v) is 4.19.